The van der Waals surface area contributed by atoms with Crippen molar-refractivity contribution in [3.63, 3.8) is 0 Å². The van der Waals surface area contributed by atoms with E-state index in [2.05, 4.69) is 53.6 Å². The molecule has 130 valence electrons. The van der Waals surface area contributed by atoms with Crippen molar-refractivity contribution in [2.45, 2.75) is 36.8 Å². The van der Waals surface area contributed by atoms with E-state index in [9.17, 15) is 4.79 Å². The smallest absolute Gasteiger partial charge is 0.311 e. The molecular weight excluding hydrogens is 312 g/mol. The fourth-order valence-electron chi connectivity index (χ4n) is 7.93. The number of carbonyl (C=O) groups is 1. The molecule has 3 spiro atoms. The van der Waals surface area contributed by atoms with Crippen LogP contribution in [0.1, 0.15) is 25.3 Å². The summed E-state index contributed by atoms with van der Waals surface area (Å²) in [5.74, 6) is 0.277. The Bertz CT molecular complexity index is 835. The molecule has 0 unspecified atom stereocenters. The molecule has 5 aliphatic rings. The van der Waals surface area contributed by atoms with Crippen LogP contribution in [0.5, 0.6) is 0 Å². The highest BCUT2D eigenvalue weighted by Gasteiger charge is 2.85. The van der Waals surface area contributed by atoms with Crippen LogP contribution in [-0.2, 0) is 14.9 Å². The lowest BCUT2D eigenvalue weighted by Gasteiger charge is -2.50. The van der Waals surface area contributed by atoms with Crippen LogP contribution in [0.4, 0.5) is 5.69 Å². The van der Waals surface area contributed by atoms with Gasteiger partial charge in [0.1, 0.15) is 0 Å². The van der Waals surface area contributed by atoms with Gasteiger partial charge in [0.2, 0.25) is 0 Å². The van der Waals surface area contributed by atoms with Gasteiger partial charge in [0.05, 0.1) is 18.6 Å². The molecule has 4 heteroatoms. The number of hydrogen-bond donors (Lipinski definition) is 1. The SMILES string of the molecule is COC(=O)[C@@H]1C[C@@]23C=CCN4CC[C@@]5(c6ccccc6N[C@]15[C@@H]2C)[C@H]43. The third-order valence-corrected chi connectivity index (χ3v) is 8.47. The summed E-state index contributed by atoms with van der Waals surface area (Å²) < 4.78 is 5.30. The summed E-state index contributed by atoms with van der Waals surface area (Å²) in [7, 11) is 1.54. The summed E-state index contributed by atoms with van der Waals surface area (Å²) in [5.41, 5.74) is 2.53. The van der Waals surface area contributed by atoms with E-state index in [-0.39, 0.29) is 28.3 Å². The maximum atomic E-state index is 12.9. The van der Waals surface area contributed by atoms with Crippen LogP contribution in [-0.4, -0.2) is 42.6 Å². The van der Waals surface area contributed by atoms with E-state index in [1.165, 1.54) is 18.4 Å². The molecule has 4 nitrogen and oxygen atoms in total. The minimum Gasteiger partial charge on any atom is -0.469 e. The Morgan fingerprint density at radius 1 is 1.36 bits per heavy atom. The predicted molar refractivity (Wildman–Crippen MR) is 95.3 cm³/mol. The van der Waals surface area contributed by atoms with Gasteiger partial charge >= 0.3 is 5.97 Å². The van der Waals surface area contributed by atoms with Gasteiger partial charge in [-0.3, -0.25) is 9.69 Å². The van der Waals surface area contributed by atoms with Crippen LogP contribution in [0.2, 0.25) is 0 Å². The molecule has 1 aromatic carbocycles. The Hall–Kier alpha value is -1.81. The zero-order valence-corrected chi connectivity index (χ0v) is 14.8. The minimum absolute atomic E-state index is 0.0187. The van der Waals surface area contributed by atoms with Crippen molar-refractivity contribution in [1.82, 2.24) is 4.90 Å². The average Bonchev–Trinajstić information content (AvgIpc) is 3.29. The van der Waals surface area contributed by atoms with E-state index in [1.807, 2.05) is 0 Å². The Labute approximate surface area is 148 Å². The van der Waals surface area contributed by atoms with Gasteiger partial charge in [-0.15, -0.1) is 0 Å². The van der Waals surface area contributed by atoms with E-state index in [4.69, 9.17) is 4.74 Å². The van der Waals surface area contributed by atoms with Crippen LogP contribution in [0.25, 0.3) is 0 Å². The molecule has 6 rings (SSSR count). The summed E-state index contributed by atoms with van der Waals surface area (Å²) in [6, 6.07) is 9.25. The van der Waals surface area contributed by atoms with Crippen LogP contribution in [0, 0.1) is 17.3 Å². The van der Waals surface area contributed by atoms with E-state index >= 15 is 0 Å². The lowest BCUT2D eigenvalue weighted by Crippen LogP contribution is -2.63. The number of para-hydroxylation sites is 1. The second-order valence-electron chi connectivity index (χ2n) is 8.67. The first kappa shape index (κ1) is 14.4. The maximum absolute atomic E-state index is 12.9. The lowest BCUT2D eigenvalue weighted by atomic mass is 9.57. The molecule has 0 aromatic heterocycles. The van der Waals surface area contributed by atoms with Crippen LogP contribution in [0.3, 0.4) is 0 Å². The van der Waals surface area contributed by atoms with E-state index in [1.54, 1.807) is 0 Å². The normalized spacial score (nSPS) is 48.0. The highest BCUT2D eigenvalue weighted by atomic mass is 16.5. The predicted octanol–water partition coefficient (Wildman–Crippen LogP) is 2.56. The van der Waals surface area contributed by atoms with Gasteiger partial charge in [-0.1, -0.05) is 37.3 Å². The van der Waals surface area contributed by atoms with Gasteiger partial charge in [0.25, 0.3) is 0 Å². The van der Waals surface area contributed by atoms with Crippen molar-refractivity contribution in [3.8, 4) is 0 Å². The van der Waals surface area contributed by atoms with Gasteiger partial charge in [0.15, 0.2) is 0 Å². The molecule has 0 radical (unpaired) electrons. The van der Waals surface area contributed by atoms with E-state index in [0.29, 0.717) is 12.0 Å². The molecule has 0 amide bonds. The zero-order valence-electron chi connectivity index (χ0n) is 14.8. The molecule has 1 saturated heterocycles. The van der Waals surface area contributed by atoms with Gasteiger partial charge in [-0.25, -0.2) is 0 Å². The van der Waals surface area contributed by atoms with Gasteiger partial charge in [-0.2, -0.15) is 0 Å². The average molecular weight is 336 g/mol. The molecule has 6 atom stereocenters. The summed E-state index contributed by atoms with van der Waals surface area (Å²) in [6.07, 6.45) is 6.83. The highest BCUT2D eigenvalue weighted by molar-refractivity contribution is 5.82. The Morgan fingerprint density at radius 3 is 3.04 bits per heavy atom. The number of benzene rings is 1. The fraction of sp³-hybridized carbons (Fsp3) is 0.571. The maximum Gasteiger partial charge on any atom is 0.311 e. The van der Waals surface area contributed by atoms with Gasteiger partial charge in [-0.05, 0) is 36.9 Å². The second kappa shape index (κ2) is 4.12. The quantitative estimate of drug-likeness (QED) is 0.632. The monoisotopic (exact) mass is 336 g/mol. The number of hydrogen-bond acceptors (Lipinski definition) is 4. The molecule has 1 aromatic rings. The summed E-state index contributed by atoms with van der Waals surface area (Å²) >= 11 is 0. The van der Waals surface area contributed by atoms with Crippen molar-refractivity contribution in [3.05, 3.63) is 42.0 Å². The number of esters is 1. The van der Waals surface area contributed by atoms with Crippen molar-refractivity contribution >= 4 is 11.7 Å². The van der Waals surface area contributed by atoms with Crippen molar-refractivity contribution < 1.29 is 9.53 Å². The molecule has 2 aliphatic carbocycles. The number of fused-ring (bicyclic) bond motifs is 1. The topological polar surface area (TPSA) is 41.6 Å². The number of methoxy groups -OCH3 is 1. The Morgan fingerprint density at radius 2 is 2.20 bits per heavy atom. The molecule has 25 heavy (non-hydrogen) atoms. The summed E-state index contributed by atoms with van der Waals surface area (Å²) in [5, 5.41) is 3.92. The number of nitrogens with zero attached hydrogens (tertiary/aromatic N) is 1. The molecular formula is C21H24N2O2. The van der Waals surface area contributed by atoms with Gasteiger partial charge < -0.3 is 10.1 Å². The summed E-state index contributed by atoms with van der Waals surface area (Å²) in [6.45, 7) is 4.53. The third-order valence-electron chi connectivity index (χ3n) is 8.47. The van der Waals surface area contributed by atoms with Crippen LogP contribution >= 0.6 is 0 Å². The number of rotatable bonds is 1. The highest BCUT2D eigenvalue weighted by Crippen LogP contribution is 2.78. The summed E-state index contributed by atoms with van der Waals surface area (Å²) in [4.78, 5) is 15.6. The van der Waals surface area contributed by atoms with E-state index < -0.39 is 0 Å². The van der Waals surface area contributed by atoms with Gasteiger partial charge in [0, 0.05) is 29.1 Å². The third kappa shape index (κ3) is 1.19. The molecule has 3 aliphatic heterocycles. The first-order valence-electron chi connectivity index (χ1n) is 9.49. The van der Waals surface area contributed by atoms with Crippen molar-refractivity contribution in [2.24, 2.45) is 17.3 Å². The molecule has 3 heterocycles. The van der Waals surface area contributed by atoms with E-state index in [0.717, 1.165) is 25.9 Å². The minimum atomic E-state index is -0.224. The first-order valence-corrected chi connectivity index (χ1v) is 9.49. The fourth-order valence-corrected chi connectivity index (χ4v) is 7.93. The van der Waals surface area contributed by atoms with Crippen LogP contribution < -0.4 is 5.32 Å². The molecule has 2 saturated carbocycles. The molecule has 2 bridgehead atoms. The number of nitrogens with one attached hydrogen (secondary N) is 1. The van der Waals surface area contributed by atoms with Crippen molar-refractivity contribution in [2.75, 3.05) is 25.5 Å². The second-order valence-corrected chi connectivity index (χ2v) is 8.67. The Balaban J connectivity index is 1.69. The molecule has 3 fully saturated rings. The number of ether oxygens (including phenoxy) is 1. The number of anilines is 1. The standard InChI is InChI=1S/C21H24N2O2/c1-13-19-8-5-10-23-11-9-20(18(19)23)14-6-3-4-7-16(14)22-21(13,20)15(12-19)17(24)25-2/h3-8,13,15,18,22H,9-12H2,1-2H3/t13-,15+,18-,19+,20-,21-/m1/s1. The lowest BCUT2D eigenvalue weighted by molar-refractivity contribution is -0.149. The molecule has 1 N–H and O–H groups in total. The largest absolute Gasteiger partial charge is 0.469 e. The first-order chi connectivity index (χ1) is 12.1. The van der Waals surface area contributed by atoms with Crippen molar-refractivity contribution in [1.29, 1.82) is 0 Å². The number of carbonyl (C=O) groups excluding carboxylic acids is 1. The zero-order chi connectivity index (χ0) is 17.0. The Kier molecular flexibility index (Phi) is 2.37. The van der Waals surface area contributed by atoms with Crippen LogP contribution in [0.15, 0.2) is 36.4 Å².